The van der Waals surface area contributed by atoms with E-state index in [2.05, 4.69) is 6.58 Å². The van der Waals surface area contributed by atoms with Crippen LogP contribution in [0.1, 0.15) is 28.4 Å². The van der Waals surface area contributed by atoms with Crippen molar-refractivity contribution in [3.8, 4) is 0 Å². The first-order valence-electron chi connectivity index (χ1n) is 11.0. The Morgan fingerprint density at radius 2 is 1.34 bits per heavy atom. The molecule has 1 fully saturated rings. The third-order valence-electron chi connectivity index (χ3n) is 6.12. The SMILES string of the molecule is C=C1C(c2ccc(Cl)cc2)S(=O)C(c2ccc(Cl)cc2)(c2ccc(Cl)cc2)C(=O)N1CCCOC. The molecule has 35 heavy (non-hydrogen) atoms. The predicted molar refractivity (Wildman–Crippen MR) is 143 cm³/mol. The molecule has 1 amide bonds. The quantitative estimate of drug-likeness (QED) is 0.306. The van der Waals surface area contributed by atoms with Crippen molar-refractivity contribution in [1.82, 2.24) is 4.90 Å². The average Bonchev–Trinajstić information content (AvgIpc) is 2.85. The first kappa shape index (κ1) is 25.9. The van der Waals surface area contributed by atoms with Gasteiger partial charge in [-0.1, -0.05) is 77.8 Å². The number of hydrogen-bond acceptors (Lipinski definition) is 3. The number of rotatable bonds is 7. The topological polar surface area (TPSA) is 46.6 Å². The Kier molecular flexibility index (Phi) is 8.04. The maximum atomic E-state index is 14.7. The number of benzene rings is 3. The highest BCUT2D eigenvalue weighted by Gasteiger charge is 2.57. The van der Waals surface area contributed by atoms with Crippen LogP contribution in [-0.2, 0) is 25.1 Å². The summed E-state index contributed by atoms with van der Waals surface area (Å²) >= 11 is 18.5. The molecule has 0 aliphatic carbocycles. The molecule has 2 atom stereocenters. The normalized spacial score (nSPS) is 19.7. The molecule has 182 valence electrons. The molecular weight excluding hydrogens is 525 g/mol. The van der Waals surface area contributed by atoms with Gasteiger partial charge >= 0.3 is 0 Å². The summed E-state index contributed by atoms with van der Waals surface area (Å²) in [5.74, 6) is -0.313. The molecule has 0 N–H and O–H groups in total. The van der Waals surface area contributed by atoms with Crippen LogP contribution in [0.3, 0.4) is 0 Å². The van der Waals surface area contributed by atoms with E-state index >= 15 is 0 Å². The molecule has 3 aromatic rings. The van der Waals surface area contributed by atoms with Gasteiger partial charge in [-0.25, -0.2) is 0 Å². The molecule has 0 saturated carbocycles. The van der Waals surface area contributed by atoms with Gasteiger partial charge < -0.3 is 9.64 Å². The zero-order chi connectivity index (χ0) is 25.2. The van der Waals surface area contributed by atoms with Crippen LogP contribution in [0.5, 0.6) is 0 Å². The molecule has 3 aromatic carbocycles. The molecule has 0 spiro atoms. The van der Waals surface area contributed by atoms with Crippen LogP contribution in [0, 0.1) is 0 Å². The first-order chi connectivity index (χ1) is 16.8. The Morgan fingerprint density at radius 3 is 1.80 bits per heavy atom. The van der Waals surface area contributed by atoms with Crippen molar-refractivity contribution in [2.45, 2.75) is 16.4 Å². The number of hydrogen-bond donors (Lipinski definition) is 0. The van der Waals surface area contributed by atoms with Gasteiger partial charge in [0.15, 0.2) is 4.75 Å². The van der Waals surface area contributed by atoms with E-state index in [1.165, 1.54) is 0 Å². The van der Waals surface area contributed by atoms with Gasteiger partial charge in [-0.2, -0.15) is 0 Å². The highest BCUT2D eigenvalue weighted by Crippen LogP contribution is 2.50. The fourth-order valence-corrected chi connectivity index (χ4v) is 6.96. The molecule has 1 heterocycles. The van der Waals surface area contributed by atoms with Crippen LogP contribution in [0.2, 0.25) is 15.1 Å². The van der Waals surface area contributed by atoms with Crippen LogP contribution >= 0.6 is 34.8 Å². The van der Waals surface area contributed by atoms with Gasteiger partial charge in [0.05, 0.1) is 10.8 Å². The summed E-state index contributed by atoms with van der Waals surface area (Å²) in [5.41, 5.74) is 2.39. The Labute approximate surface area is 222 Å². The maximum Gasteiger partial charge on any atom is 0.254 e. The molecule has 2 unspecified atom stereocenters. The number of carbonyl (C=O) groups excluding carboxylic acids is 1. The van der Waals surface area contributed by atoms with Gasteiger partial charge in [0.1, 0.15) is 5.25 Å². The zero-order valence-corrected chi connectivity index (χ0v) is 22.1. The highest BCUT2D eigenvalue weighted by molar-refractivity contribution is 7.87. The summed E-state index contributed by atoms with van der Waals surface area (Å²) < 4.78 is 18.4. The second kappa shape index (κ2) is 10.9. The second-order valence-electron chi connectivity index (χ2n) is 8.22. The van der Waals surface area contributed by atoms with E-state index in [-0.39, 0.29) is 5.91 Å². The molecule has 1 saturated heterocycles. The number of methoxy groups -OCH3 is 1. The highest BCUT2D eigenvalue weighted by atomic mass is 35.5. The van der Waals surface area contributed by atoms with Crippen molar-refractivity contribution < 1.29 is 13.7 Å². The van der Waals surface area contributed by atoms with Crippen LogP contribution < -0.4 is 0 Å². The van der Waals surface area contributed by atoms with Gasteiger partial charge in [0.2, 0.25) is 0 Å². The summed E-state index contributed by atoms with van der Waals surface area (Å²) in [4.78, 5) is 16.1. The summed E-state index contributed by atoms with van der Waals surface area (Å²) in [6.45, 7) is 5.08. The fourth-order valence-electron chi connectivity index (χ4n) is 4.43. The fraction of sp³-hybridized carbons (Fsp3) is 0.222. The number of carbonyl (C=O) groups is 1. The van der Waals surface area contributed by atoms with Gasteiger partial charge in [-0.15, -0.1) is 0 Å². The van der Waals surface area contributed by atoms with Gasteiger partial charge in [0, 0.05) is 41.0 Å². The minimum Gasteiger partial charge on any atom is -0.385 e. The maximum absolute atomic E-state index is 14.7. The van der Waals surface area contributed by atoms with E-state index in [0.29, 0.717) is 51.5 Å². The largest absolute Gasteiger partial charge is 0.385 e. The van der Waals surface area contributed by atoms with Crippen molar-refractivity contribution in [2.24, 2.45) is 0 Å². The predicted octanol–water partition coefficient (Wildman–Crippen LogP) is 6.77. The van der Waals surface area contributed by atoms with Crippen molar-refractivity contribution in [3.63, 3.8) is 0 Å². The lowest BCUT2D eigenvalue weighted by Crippen LogP contribution is -2.56. The van der Waals surface area contributed by atoms with Crippen molar-refractivity contribution >= 4 is 51.5 Å². The average molecular weight is 549 g/mol. The lowest BCUT2D eigenvalue weighted by atomic mass is 9.87. The van der Waals surface area contributed by atoms with Crippen LogP contribution in [-0.4, -0.2) is 35.3 Å². The van der Waals surface area contributed by atoms with Crippen LogP contribution in [0.4, 0.5) is 0 Å². The molecule has 1 aliphatic heterocycles. The number of halogens is 3. The monoisotopic (exact) mass is 547 g/mol. The Hall–Kier alpha value is -2.15. The van der Waals surface area contributed by atoms with E-state index in [9.17, 15) is 9.00 Å². The summed E-state index contributed by atoms with van der Waals surface area (Å²) in [5, 5.41) is 0.948. The van der Waals surface area contributed by atoms with Gasteiger partial charge in [-0.3, -0.25) is 9.00 Å². The van der Waals surface area contributed by atoms with Crippen LogP contribution in [0.25, 0.3) is 0 Å². The summed E-state index contributed by atoms with van der Waals surface area (Å²) in [6, 6.07) is 21.0. The van der Waals surface area contributed by atoms with E-state index < -0.39 is 20.8 Å². The lowest BCUT2D eigenvalue weighted by molar-refractivity contribution is -0.132. The Bertz CT molecular complexity index is 1200. The van der Waals surface area contributed by atoms with E-state index in [1.807, 2.05) is 12.1 Å². The van der Waals surface area contributed by atoms with Crippen molar-refractivity contribution in [3.05, 3.63) is 117 Å². The number of nitrogens with zero attached hydrogens (tertiary/aromatic N) is 1. The molecular formula is C27H24Cl3NO3S. The van der Waals surface area contributed by atoms with Crippen molar-refractivity contribution in [1.29, 1.82) is 0 Å². The summed E-state index contributed by atoms with van der Waals surface area (Å²) in [6.07, 6.45) is 0.596. The van der Waals surface area contributed by atoms with Gasteiger partial charge in [-0.05, 0) is 59.5 Å². The Balaban J connectivity index is 1.98. The molecule has 4 nitrogen and oxygen atoms in total. The number of ether oxygens (including phenoxy) is 1. The smallest absolute Gasteiger partial charge is 0.254 e. The molecule has 0 bridgehead atoms. The first-order valence-corrected chi connectivity index (χ1v) is 13.3. The van der Waals surface area contributed by atoms with E-state index in [1.54, 1.807) is 72.7 Å². The Morgan fingerprint density at radius 1 is 0.886 bits per heavy atom. The third-order valence-corrected chi connectivity index (χ3v) is 9.09. The standard InChI is InChI=1S/C27H24Cl3NO3S/c1-18-25(19-4-10-22(28)11-5-19)35(33)27(20-6-12-23(29)13-7-20,21-8-14-24(30)15-9-21)26(32)31(18)16-3-17-34-2/h4-15,25H,1,3,16-17H2,2H3. The molecule has 1 aliphatic rings. The molecule has 0 aromatic heterocycles. The van der Waals surface area contributed by atoms with Gasteiger partial charge in [0.25, 0.3) is 5.91 Å². The van der Waals surface area contributed by atoms with E-state index in [0.717, 1.165) is 5.56 Å². The van der Waals surface area contributed by atoms with E-state index in [4.69, 9.17) is 39.5 Å². The third kappa shape index (κ3) is 4.81. The number of amides is 1. The minimum atomic E-state index is -1.79. The van der Waals surface area contributed by atoms with Crippen molar-refractivity contribution in [2.75, 3.05) is 20.3 Å². The van der Waals surface area contributed by atoms with Crippen LogP contribution in [0.15, 0.2) is 85.1 Å². The zero-order valence-electron chi connectivity index (χ0n) is 19.0. The molecule has 4 rings (SSSR count). The molecule has 0 radical (unpaired) electrons. The lowest BCUT2D eigenvalue weighted by Gasteiger charge is -2.46. The second-order valence-corrected chi connectivity index (χ2v) is 11.2. The molecule has 8 heteroatoms. The minimum absolute atomic E-state index is 0.313. The summed E-state index contributed by atoms with van der Waals surface area (Å²) in [7, 11) is -0.171.